The fourth-order valence-corrected chi connectivity index (χ4v) is 2.21. The third kappa shape index (κ3) is 7.54. The van der Waals surface area contributed by atoms with E-state index < -0.39 is 7.82 Å². The number of phosphoric acid groups is 1. The van der Waals surface area contributed by atoms with Crippen molar-refractivity contribution in [3.8, 4) is 24.7 Å². The highest BCUT2D eigenvalue weighted by Crippen LogP contribution is 2.36. The van der Waals surface area contributed by atoms with Gasteiger partial charge < -0.3 is 9.79 Å². The van der Waals surface area contributed by atoms with Crippen molar-refractivity contribution in [2.75, 3.05) is 6.61 Å². The highest BCUT2D eigenvalue weighted by molar-refractivity contribution is 7.46. The lowest BCUT2D eigenvalue weighted by Crippen LogP contribution is -2.18. The minimum Gasteiger partial charge on any atom is -0.303 e. The summed E-state index contributed by atoms with van der Waals surface area (Å²) in [5, 5.41) is 0. The molecule has 0 aliphatic carbocycles. The van der Waals surface area contributed by atoms with Gasteiger partial charge in [-0.2, -0.15) is 0 Å². The van der Waals surface area contributed by atoms with Gasteiger partial charge in [0, 0.05) is 11.8 Å². The highest BCUT2D eigenvalue weighted by atomic mass is 31.2. The van der Waals surface area contributed by atoms with Crippen molar-refractivity contribution >= 4 is 7.82 Å². The Labute approximate surface area is 109 Å². The molecule has 4 nitrogen and oxygen atoms in total. The van der Waals surface area contributed by atoms with E-state index in [0.717, 1.165) is 12.8 Å². The molecular formula is C13H21O4P. The van der Waals surface area contributed by atoms with E-state index in [1.54, 1.807) is 0 Å². The zero-order chi connectivity index (χ0) is 14.2. The fraction of sp³-hybridized carbons (Fsp3) is 0.692. The standard InChI is InChI=1S/C13H21O4P/c1-5-11(3)13(12(4)6-2)9-7-8-10-17-18(14,15)16/h1-2,11-13H,7-10H2,3-4H3,(H2,14,15,16). The molecule has 0 heterocycles. The Morgan fingerprint density at radius 2 is 1.67 bits per heavy atom. The Hall–Kier alpha value is -0.770. The van der Waals surface area contributed by atoms with E-state index in [1.807, 2.05) is 13.8 Å². The van der Waals surface area contributed by atoms with Gasteiger partial charge in [-0.15, -0.1) is 24.7 Å². The van der Waals surface area contributed by atoms with Gasteiger partial charge >= 0.3 is 7.82 Å². The van der Waals surface area contributed by atoms with Crippen LogP contribution >= 0.6 is 7.82 Å². The van der Waals surface area contributed by atoms with Crippen molar-refractivity contribution < 1.29 is 18.9 Å². The molecule has 102 valence electrons. The largest absolute Gasteiger partial charge is 0.469 e. The average Bonchev–Trinajstić information content (AvgIpc) is 2.30. The minimum absolute atomic E-state index is 0.0475. The molecule has 0 aromatic heterocycles. The molecule has 0 amide bonds. The molecule has 0 fully saturated rings. The van der Waals surface area contributed by atoms with Crippen LogP contribution in [0.1, 0.15) is 33.1 Å². The summed E-state index contributed by atoms with van der Waals surface area (Å²) in [5.41, 5.74) is 0. The predicted octanol–water partition coefficient (Wildman–Crippen LogP) is 2.42. The first-order valence-electron chi connectivity index (χ1n) is 5.94. The first-order valence-corrected chi connectivity index (χ1v) is 7.47. The van der Waals surface area contributed by atoms with Crippen LogP contribution in [0.25, 0.3) is 0 Å². The second-order valence-electron chi connectivity index (χ2n) is 4.39. The van der Waals surface area contributed by atoms with E-state index >= 15 is 0 Å². The van der Waals surface area contributed by atoms with Crippen LogP contribution in [0.4, 0.5) is 0 Å². The van der Waals surface area contributed by atoms with E-state index in [4.69, 9.17) is 22.6 Å². The Balaban J connectivity index is 4.04. The molecule has 0 bridgehead atoms. The monoisotopic (exact) mass is 272 g/mol. The summed E-state index contributed by atoms with van der Waals surface area (Å²) in [6.07, 6.45) is 13.0. The fourth-order valence-electron chi connectivity index (χ4n) is 1.85. The third-order valence-electron chi connectivity index (χ3n) is 3.00. The Morgan fingerprint density at radius 3 is 2.06 bits per heavy atom. The average molecular weight is 272 g/mol. The molecule has 2 atom stereocenters. The van der Waals surface area contributed by atoms with Gasteiger partial charge in [0.2, 0.25) is 0 Å². The molecule has 5 heteroatoms. The SMILES string of the molecule is C#CC(C)C(CCCCOP(=O)(O)O)C(C)C#C. The molecule has 0 aliphatic heterocycles. The molecule has 0 saturated heterocycles. The smallest absolute Gasteiger partial charge is 0.303 e. The minimum atomic E-state index is -4.34. The number of phosphoric ester groups is 1. The molecule has 0 aliphatic rings. The van der Waals surface area contributed by atoms with Gasteiger partial charge in [0.15, 0.2) is 0 Å². The number of unbranched alkanes of at least 4 members (excludes halogenated alkanes) is 1. The van der Waals surface area contributed by atoms with Crippen LogP contribution in [0, 0.1) is 42.4 Å². The molecule has 2 unspecified atom stereocenters. The molecular weight excluding hydrogens is 251 g/mol. The summed E-state index contributed by atoms with van der Waals surface area (Å²) in [6, 6.07) is 0. The van der Waals surface area contributed by atoms with E-state index in [2.05, 4.69) is 16.4 Å². The van der Waals surface area contributed by atoms with Crippen LogP contribution < -0.4 is 0 Å². The summed E-state index contributed by atoms with van der Waals surface area (Å²) in [4.78, 5) is 17.0. The first kappa shape index (κ1) is 17.2. The normalized spacial score (nSPS) is 16.3. The van der Waals surface area contributed by atoms with Gasteiger partial charge in [0.05, 0.1) is 6.61 Å². The summed E-state index contributed by atoms with van der Waals surface area (Å²) in [5.74, 6) is 5.81. The molecule has 0 spiro atoms. The van der Waals surface area contributed by atoms with Gasteiger partial charge in [-0.1, -0.05) is 20.3 Å². The maximum absolute atomic E-state index is 10.5. The van der Waals surface area contributed by atoms with Crippen molar-refractivity contribution in [1.29, 1.82) is 0 Å². The Bertz CT molecular complexity index is 340. The summed E-state index contributed by atoms with van der Waals surface area (Å²) in [6.45, 7) is 3.97. The Kier molecular flexibility index (Phi) is 8.00. The maximum atomic E-state index is 10.5. The van der Waals surface area contributed by atoms with Gasteiger partial charge in [-0.05, 0) is 18.8 Å². The molecule has 0 rings (SSSR count). The maximum Gasteiger partial charge on any atom is 0.469 e. The van der Waals surface area contributed by atoms with E-state index in [1.165, 1.54) is 0 Å². The van der Waals surface area contributed by atoms with Crippen LogP contribution in [0.15, 0.2) is 0 Å². The molecule has 0 aromatic rings. The van der Waals surface area contributed by atoms with Gasteiger partial charge in [-0.3, -0.25) is 4.52 Å². The van der Waals surface area contributed by atoms with Crippen LogP contribution in [-0.4, -0.2) is 16.4 Å². The quantitative estimate of drug-likeness (QED) is 0.404. The number of hydrogen-bond acceptors (Lipinski definition) is 2. The predicted molar refractivity (Wildman–Crippen MR) is 71.3 cm³/mol. The summed E-state index contributed by atoms with van der Waals surface area (Å²) in [7, 11) is -4.34. The van der Waals surface area contributed by atoms with Crippen LogP contribution in [0.3, 0.4) is 0 Å². The lowest BCUT2D eigenvalue weighted by atomic mass is 9.81. The van der Waals surface area contributed by atoms with Gasteiger partial charge in [-0.25, -0.2) is 4.57 Å². The van der Waals surface area contributed by atoms with Crippen molar-refractivity contribution in [3.63, 3.8) is 0 Å². The second kappa shape index (κ2) is 8.35. The van der Waals surface area contributed by atoms with Crippen molar-refractivity contribution in [2.24, 2.45) is 17.8 Å². The van der Waals surface area contributed by atoms with E-state index in [0.29, 0.717) is 6.42 Å². The third-order valence-corrected chi connectivity index (χ3v) is 3.52. The first-order chi connectivity index (χ1) is 8.31. The van der Waals surface area contributed by atoms with Crippen LogP contribution in [0.2, 0.25) is 0 Å². The number of terminal acetylenes is 2. The van der Waals surface area contributed by atoms with Gasteiger partial charge in [0.25, 0.3) is 0 Å². The number of hydrogen-bond donors (Lipinski definition) is 2. The second-order valence-corrected chi connectivity index (χ2v) is 5.63. The zero-order valence-electron chi connectivity index (χ0n) is 10.9. The van der Waals surface area contributed by atoms with Crippen molar-refractivity contribution in [1.82, 2.24) is 0 Å². The van der Waals surface area contributed by atoms with E-state index in [9.17, 15) is 4.57 Å². The molecule has 0 radical (unpaired) electrons. The van der Waals surface area contributed by atoms with Crippen molar-refractivity contribution in [3.05, 3.63) is 0 Å². The molecule has 0 aromatic carbocycles. The summed E-state index contributed by atoms with van der Waals surface area (Å²) < 4.78 is 14.8. The van der Waals surface area contributed by atoms with Gasteiger partial charge in [0.1, 0.15) is 0 Å². The van der Waals surface area contributed by atoms with Crippen molar-refractivity contribution in [2.45, 2.75) is 33.1 Å². The topological polar surface area (TPSA) is 66.8 Å². The zero-order valence-corrected chi connectivity index (χ0v) is 11.8. The van der Waals surface area contributed by atoms with Crippen LogP contribution in [0.5, 0.6) is 0 Å². The van der Waals surface area contributed by atoms with E-state index in [-0.39, 0.29) is 24.4 Å². The van der Waals surface area contributed by atoms with Crippen LogP contribution in [-0.2, 0) is 9.09 Å². The number of rotatable bonds is 8. The Morgan fingerprint density at radius 1 is 1.17 bits per heavy atom. The lowest BCUT2D eigenvalue weighted by molar-refractivity contribution is 0.190. The molecule has 0 saturated carbocycles. The molecule has 18 heavy (non-hydrogen) atoms. The summed E-state index contributed by atoms with van der Waals surface area (Å²) >= 11 is 0. The molecule has 2 N–H and O–H groups in total. The highest BCUT2D eigenvalue weighted by Gasteiger charge is 2.20. The lowest BCUT2D eigenvalue weighted by Gasteiger charge is -2.23.